The zero-order valence-electron chi connectivity index (χ0n) is 13.0. The monoisotopic (exact) mass is 340 g/mol. The summed E-state index contributed by atoms with van der Waals surface area (Å²) in [5.74, 6) is 2.19. The molecule has 2 aromatic rings. The van der Waals surface area contributed by atoms with Gasteiger partial charge in [-0.3, -0.25) is 4.79 Å². The summed E-state index contributed by atoms with van der Waals surface area (Å²) in [5.41, 5.74) is 1.99. The summed E-state index contributed by atoms with van der Waals surface area (Å²) in [7, 11) is -2.11. The topological polar surface area (TPSA) is 75.3 Å². The van der Waals surface area contributed by atoms with Crippen LogP contribution in [0.4, 0.5) is 5.69 Å². The summed E-state index contributed by atoms with van der Waals surface area (Å²) >= 11 is 0. The maximum atomic E-state index is 11.9. The third kappa shape index (κ3) is 4.56. The van der Waals surface area contributed by atoms with E-state index in [1.165, 1.54) is 25.3 Å². The average molecular weight is 340 g/mol. The Morgan fingerprint density at radius 2 is 1.88 bits per heavy atom. The van der Waals surface area contributed by atoms with Crippen molar-refractivity contribution in [2.75, 3.05) is 12.4 Å². The molecule has 0 aliphatic heterocycles. The van der Waals surface area contributed by atoms with Gasteiger partial charge in [0.25, 0.3) is 0 Å². The van der Waals surface area contributed by atoms with Crippen molar-refractivity contribution < 1.29 is 13.2 Å². The number of rotatable bonds is 5. The number of hydrogen-bond donors (Lipinski definition) is 2. The number of hydrogen-bond acceptors (Lipinski definition) is 3. The van der Waals surface area contributed by atoms with Crippen LogP contribution in [0.25, 0.3) is 6.08 Å². The Kier molecular flexibility index (Phi) is 5.53. The Hall–Kier alpha value is -2.88. The van der Waals surface area contributed by atoms with E-state index in [-0.39, 0.29) is 10.8 Å². The Morgan fingerprint density at radius 3 is 2.50 bits per heavy atom. The van der Waals surface area contributed by atoms with Gasteiger partial charge < -0.3 is 5.32 Å². The van der Waals surface area contributed by atoms with Crippen LogP contribution in [-0.2, 0) is 14.8 Å². The summed E-state index contributed by atoms with van der Waals surface area (Å²) in [5, 5.41) is 2.70. The number of nitrogens with one attached hydrogen (secondary N) is 2. The van der Waals surface area contributed by atoms with Crippen LogP contribution >= 0.6 is 0 Å². The molecule has 0 aromatic heterocycles. The van der Waals surface area contributed by atoms with Gasteiger partial charge in [0.1, 0.15) is 0 Å². The largest absolute Gasteiger partial charge is 0.322 e. The van der Waals surface area contributed by atoms with Gasteiger partial charge in [0, 0.05) is 17.3 Å². The van der Waals surface area contributed by atoms with E-state index in [1.807, 2.05) is 0 Å². The maximum absolute atomic E-state index is 11.9. The van der Waals surface area contributed by atoms with Crippen molar-refractivity contribution in [3.63, 3.8) is 0 Å². The molecular weight excluding hydrogens is 324 g/mol. The molecule has 0 saturated heterocycles. The number of carbonyl (C=O) groups is 1. The van der Waals surface area contributed by atoms with E-state index in [0.29, 0.717) is 16.8 Å². The van der Waals surface area contributed by atoms with Crippen molar-refractivity contribution in [3.05, 3.63) is 65.7 Å². The van der Waals surface area contributed by atoms with Crippen LogP contribution in [0.3, 0.4) is 0 Å². The van der Waals surface area contributed by atoms with Gasteiger partial charge in [-0.15, -0.1) is 6.42 Å². The lowest BCUT2D eigenvalue weighted by atomic mass is 10.2. The molecule has 24 heavy (non-hydrogen) atoms. The second-order valence-corrected chi connectivity index (χ2v) is 6.71. The molecule has 0 heterocycles. The van der Waals surface area contributed by atoms with Crippen LogP contribution in [0.5, 0.6) is 0 Å². The Bertz CT molecular complexity index is 908. The fourth-order valence-electron chi connectivity index (χ4n) is 1.92. The smallest absolute Gasteiger partial charge is 0.248 e. The van der Waals surface area contributed by atoms with Crippen LogP contribution in [0.2, 0.25) is 0 Å². The molecule has 0 aliphatic carbocycles. The normalized spacial score (nSPS) is 11.2. The van der Waals surface area contributed by atoms with Gasteiger partial charge in [0.2, 0.25) is 15.9 Å². The van der Waals surface area contributed by atoms with Gasteiger partial charge in [-0.25, -0.2) is 13.1 Å². The van der Waals surface area contributed by atoms with E-state index in [9.17, 15) is 13.2 Å². The summed E-state index contributed by atoms with van der Waals surface area (Å²) in [6, 6.07) is 13.1. The van der Waals surface area contributed by atoms with Crippen LogP contribution in [0, 0.1) is 12.3 Å². The Balaban J connectivity index is 2.05. The molecular formula is C18H16N2O3S. The number of benzene rings is 2. The van der Waals surface area contributed by atoms with Gasteiger partial charge in [0.05, 0.1) is 4.90 Å². The molecule has 0 spiro atoms. The summed E-state index contributed by atoms with van der Waals surface area (Å²) < 4.78 is 25.5. The molecule has 0 radical (unpaired) electrons. The third-order valence-corrected chi connectivity index (χ3v) is 4.61. The number of carbonyl (C=O) groups excluding carboxylic acids is 1. The molecule has 0 saturated carbocycles. The van der Waals surface area contributed by atoms with E-state index in [1.54, 1.807) is 42.5 Å². The fourth-order valence-corrected chi connectivity index (χ4v) is 2.65. The summed E-state index contributed by atoms with van der Waals surface area (Å²) in [6.45, 7) is 0. The van der Waals surface area contributed by atoms with Crippen LogP contribution in [-0.4, -0.2) is 21.4 Å². The first kappa shape index (κ1) is 17.5. The molecule has 1 amide bonds. The summed E-state index contributed by atoms with van der Waals surface area (Å²) in [4.78, 5) is 12.1. The number of amides is 1. The predicted molar refractivity (Wildman–Crippen MR) is 94.7 cm³/mol. The molecule has 0 atom stereocenters. The molecule has 0 fully saturated rings. The Labute approximate surface area is 141 Å². The maximum Gasteiger partial charge on any atom is 0.248 e. The second-order valence-electron chi connectivity index (χ2n) is 4.82. The first-order valence-corrected chi connectivity index (χ1v) is 8.52. The zero-order chi connectivity index (χ0) is 17.6. The van der Waals surface area contributed by atoms with E-state index in [2.05, 4.69) is 16.0 Å². The molecule has 0 bridgehead atoms. The third-order valence-electron chi connectivity index (χ3n) is 3.18. The van der Waals surface area contributed by atoms with Crippen molar-refractivity contribution >= 4 is 27.7 Å². The van der Waals surface area contributed by atoms with E-state index in [4.69, 9.17) is 6.42 Å². The van der Waals surface area contributed by atoms with Gasteiger partial charge in [-0.2, -0.15) is 0 Å². The van der Waals surface area contributed by atoms with Crippen LogP contribution in [0.1, 0.15) is 11.1 Å². The highest BCUT2D eigenvalue weighted by atomic mass is 32.2. The van der Waals surface area contributed by atoms with Crippen molar-refractivity contribution in [3.8, 4) is 12.3 Å². The second kappa shape index (κ2) is 7.59. The first-order chi connectivity index (χ1) is 11.4. The SMILES string of the molecule is C#Cc1cccc(NC(=O)/C=C/c2ccc(S(=O)(=O)NC)cc2)c1. The molecule has 0 unspecified atom stereocenters. The highest BCUT2D eigenvalue weighted by Crippen LogP contribution is 2.12. The fraction of sp³-hybridized carbons (Fsp3) is 0.0556. The molecule has 2 N–H and O–H groups in total. The number of sulfonamides is 1. The molecule has 2 rings (SSSR count). The minimum Gasteiger partial charge on any atom is -0.322 e. The minimum absolute atomic E-state index is 0.165. The van der Waals surface area contributed by atoms with Crippen molar-refractivity contribution in [2.45, 2.75) is 4.90 Å². The van der Waals surface area contributed by atoms with Crippen LogP contribution in [0.15, 0.2) is 59.5 Å². The van der Waals surface area contributed by atoms with Gasteiger partial charge in [0.15, 0.2) is 0 Å². The van der Waals surface area contributed by atoms with Crippen molar-refractivity contribution in [1.82, 2.24) is 4.72 Å². The number of anilines is 1. The minimum atomic E-state index is -3.46. The van der Waals surface area contributed by atoms with Crippen LogP contribution < -0.4 is 10.0 Å². The lowest BCUT2D eigenvalue weighted by Crippen LogP contribution is -2.18. The first-order valence-electron chi connectivity index (χ1n) is 7.04. The van der Waals surface area contributed by atoms with Crippen molar-refractivity contribution in [2.24, 2.45) is 0 Å². The average Bonchev–Trinajstić information content (AvgIpc) is 2.60. The number of terminal acetylenes is 1. The standard InChI is InChI=1S/C18H16N2O3S/c1-3-14-5-4-6-16(13-14)20-18(21)12-9-15-7-10-17(11-8-15)24(22,23)19-2/h1,4-13,19H,2H3,(H,20,21)/b12-9+. The quantitative estimate of drug-likeness (QED) is 0.647. The molecule has 2 aromatic carbocycles. The highest BCUT2D eigenvalue weighted by molar-refractivity contribution is 7.89. The predicted octanol–water partition coefficient (Wildman–Crippen LogP) is 2.23. The Morgan fingerprint density at radius 1 is 1.17 bits per heavy atom. The van der Waals surface area contributed by atoms with E-state index < -0.39 is 10.0 Å². The highest BCUT2D eigenvalue weighted by Gasteiger charge is 2.09. The lowest BCUT2D eigenvalue weighted by molar-refractivity contribution is -0.111. The van der Waals surface area contributed by atoms with Gasteiger partial charge in [-0.05, 0) is 49.0 Å². The van der Waals surface area contributed by atoms with Gasteiger partial charge >= 0.3 is 0 Å². The van der Waals surface area contributed by atoms with E-state index in [0.717, 1.165) is 0 Å². The van der Waals surface area contributed by atoms with Gasteiger partial charge in [-0.1, -0.05) is 24.1 Å². The summed E-state index contributed by atoms with van der Waals surface area (Å²) in [6.07, 6.45) is 8.27. The molecule has 6 heteroatoms. The van der Waals surface area contributed by atoms with Crippen molar-refractivity contribution in [1.29, 1.82) is 0 Å². The molecule has 122 valence electrons. The lowest BCUT2D eigenvalue weighted by Gasteiger charge is -2.03. The van der Waals surface area contributed by atoms with E-state index >= 15 is 0 Å². The molecule has 5 nitrogen and oxygen atoms in total. The molecule has 0 aliphatic rings. The zero-order valence-corrected chi connectivity index (χ0v) is 13.8.